The van der Waals surface area contributed by atoms with Crippen molar-refractivity contribution >= 4 is 40.5 Å². The average Bonchev–Trinajstić information content (AvgIpc) is 2.37. The number of hydrogen-bond acceptors (Lipinski definition) is 3. The van der Waals surface area contributed by atoms with Gasteiger partial charge in [0.1, 0.15) is 6.04 Å². The molecule has 0 radical (unpaired) electrons. The summed E-state index contributed by atoms with van der Waals surface area (Å²) in [6, 6.07) is 2.82. The predicted octanol–water partition coefficient (Wildman–Crippen LogP) is 3.24. The molecule has 0 fully saturated rings. The Bertz CT molecular complexity index is 461. The van der Waals surface area contributed by atoms with Crippen molar-refractivity contribution in [2.45, 2.75) is 26.8 Å². The Morgan fingerprint density at radius 3 is 2.37 bits per heavy atom. The molecule has 0 aromatic heterocycles. The number of likely N-dealkylation sites (N-methyl/N-ethyl adjacent to an activating group) is 1. The lowest BCUT2D eigenvalue weighted by molar-refractivity contribution is -0.131. The van der Waals surface area contributed by atoms with Crippen LogP contribution in [0.4, 0.5) is 11.4 Å². The van der Waals surface area contributed by atoms with Crippen LogP contribution in [0.25, 0.3) is 0 Å². The lowest BCUT2D eigenvalue weighted by Gasteiger charge is -2.24. The monoisotopic (exact) mass is 303 g/mol. The van der Waals surface area contributed by atoms with E-state index in [1.165, 1.54) is 0 Å². The van der Waals surface area contributed by atoms with Crippen LogP contribution >= 0.6 is 23.2 Å². The fourth-order valence-electron chi connectivity index (χ4n) is 1.79. The molecule has 0 spiro atoms. The number of amides is 1. The first-order valence-corrected chi connectivity index (χ1v) is 6.96. The van der Waals surface area contributed by atoms with E-state index < -0.39 is 0 Å². The van der Waals surface area contributed by atoms with E-state index in [1.807, 2.05) is 13.8 Å². The smallest absolute Gasteiger partial charge is 0.244 e. The molecule has 0 aliphatic heterocycles. The van der Waals surface area contributed by atoms with Gasteiger partial charge >= 0.3 is 0 Å². The molecule has 0 bridgehead atoms. The van der Waals surface area contributed by atoms with Crippen LogP contribution < -0.4 is 11.1 Å². The molecule has 6 heteroatoms. The number of nitrogens with two attached hydrogens (primary N) is 1. The molecule has 106 valence electrons. The van der Waals surface area contributed by atoms with Gasteiger partial charge in [0.2, 0.25) is 5.91 Å². The lowest BCUT2D eigenvalue weighted by atomic mass is 10.2. The van der Waals surface area contributed by atoms with Crippen LogP contribution in [0, 0.1) is 0 Å². The van der Waals surface area contributed by atoms with Crippen molar-refractivity contribution < 1.29 is 4.79 Å². The number of nitrogen functional groups attached to an aromatic ring is 1. The molecule has 3 N–H and O–H groups in total. The number of nitrogens with one attached hydrogen (secondary N) is 1. The highest BCUT2D eigenvalue weighted by Gasteiger charge is 2.19. The summed E-state index contributed by atoms with van der Waals surface area (Å²) in [5.74, 6) is 0.0236. The van der Waals surface area contributed by atoms with Crippen LogP contribution in [-0.2, 0) is 4.79 Å². The van der Waals surface area contributed by atoms with Gasteiger partial charge in [-0.3, -0.25) is 4.79 Å². The Morgan fingerprint density at radius 2 is 1.84 bits per heavy atom. The Labute approximate surface area is 123 Å². The second kappa shape index (κ2) is 6.87. The molecule has 1 amide bonds. The molecule has 1 unspecified atom stereocenters. The number of nitrogens with zero attached hydrogens (tertiary/aromatic N) is 1. The van der Waals surface area contributed by atoms with Gasteiger partial charge in [0, 0.05) is 13.1 Å². The number of benzene rings is 1. The van der Waals surface area contributed by atoms with Gasteiger partial charge < -0.3 is 16.0 Å². The van der Waals surface area contributed by atoms with Crippen LogP contribution in [-0.4, -0.2) is 29.9 Å². The number of rotatable bonds is 5. The van der Waals surface area contributed by atoms with E-state index in [2.05, 4.69) is 5.32 Å². The minimum absolute atomic E-state index is 0.0236. The van der Waals surface area contributed by atoms with Crippen LogP contribution in [0.2, 0.25) is 10.0 Å². The molecule has 1 rings (SSSR count). The van der Waals surface area contributed by atoms with Crippen molar-refractivity contribution in [3.63, 3.8) is 0 Å². The highest BCUT2D eigenvalue weighted by atomic mass is 35.5. The van der Waals surface area contributed by atoms with Crippen LogP contribution in [0.3, 0.4) is 0 Å². The summed E-state index contributed by atoms with van der Waals surface area (Å²) < 4.78 is 0. The quantitative estimate of drug-likeness (QED) is 0.821. The van der Waals surface area contributed by atoms with E-state index >= 15 is 0 Å². The van der Waals surface area contributed by atoms with E-state index in [0.717, 1.165) is 0 Å². The fourth-order valence-corrected chi connectivity index (χ4v) is 2.13. The Balaban J connectivity index is 2.85. The normalized spacial score (nSPS) is 12.1. The van der Waals surface area contributed by atoms with Crippen molar-refractivity contribution in [2.75, 3.05) is 24.1 Å². The minimum atomic E-state index is -0.376. The SMILES string of the molecule is CCN(CC)C(=O)C(C)Nc1cc(Cl)c(Cl)cc1N. The zero-order chi connectivity index (χ0) is 14.6. The molecule has 0 heterocycles. The number of carbonyl (C=O) groups excluding carboxylic acids is 1. The van der Waals surface area contributed by atoms with Gasteiger partial charge in [0.25, 0.3) is 0 Å². The Hall–Kier alpha value is -1.13. The molecular weight excluding hydrogens is 285 g/mol. The van der Waals surface area contributed by atoms with Gasteiger partial charge in [-0.2, -0.15) is 0 Å². The van der Waals surface area contributed by atoms with E-state index in [9.17, 15) is 4.79 Å². The third-order valence-electron chi connectivity index (χ3n) is 2.91. The predicted molar refractivity (Wildman–Crippen MR) is 81.9 cm³/mol. The van der Waals surface area contributed by atoms with Crippen molar-refractivity contribution in [1.29, 1.82) is 0 Å². The highest BCUT2D eigenvalue weighted by molar-refractivity contribution is 6.42. The van der Waals surface area contributed by atoms with Gasteiger partial charge in [-0.25, -0.2) is 0 Å². The van der Waals surface area contributed by atoms with Gasteiger partial charge in [-0.15, -0.1) is 0 Å². The van der Waals surface area contributed by atoms with E-state index in [4.69, 9.17) is 28.9 Å². The maximum atomic E-state index is 12.1. The zero-order valence-electron chi connectivity index (χ0n) is 11.3. The molecule has 1 atom stereocenters. The maximum absolute atomic E-state index is 12.1. The van der Waals surface area contributed by atoms with Gasteiger partial charge in [0.05, 0.1) is 21.4 Å². The molecule has 0 aliphatic carbocycles. The van der Waals surface area contributed by atoms with Crippen LogP contribution in [0.15, 0.2) is 12.1 Å². The summed E-state index contributed by atoms with van der Waals surface area (Å²) in [5.41, 5.74) is 6.93. The van der Waals surface area contributed by atoms with Crippen molar-refractivity contribution in [2.24, 2.45) is 0 Å². The van der Waals surface area contributed by atoms with Crippen molar-refractivity contribution in [3.05, 3.63) is 22.2 Å². The topological polar surface area (TPSA) is 58.4 Å². The fraction of sp³-hybridized carbons (Fsp3) is 0.462. The second-order valence-electron chi connectivity index (χ2n) is 4.23. The van der Waals surface area contributed by atoms with Gasteiger partial charge in [-0.05, 0) is 32.9 Å². The molecule has 1 aromatic carbocycles. The summed E-state index contributed by atoms with van der Waals surface area (Å²) in [6.45, 7) is 7.04. The number of carbonyl (C=O) groups is 1. The first-order valence-electron chi connectivity index (χ1n) is 6.20. The number of halogens is 2. The number of anilines is 2. The first-order chi connectivity index (χ1) is 8.90. The molecule has 1 aromatic rings. The average molecular weight is 304 g/mol. The summed E-state index contributed by atoms with van der Waals surface area (Å²) in [7, 11) is 0. The summed E-state index contributed by atoms with van der Waals surface area (Å²) in [6.07, 6.45) is 0. The lowest BCUT2D eigenvalue weighted by Crippen LogP contribution is -2.41. The van der Waals surface area contributed by atoms with Gasteiger partial charge in [-0.1, -0.05) is 23.2 Å². The molecule has 0 saturated heterocycles. The van der Waals surface area contributed by atoms with Gasteiger partial charge in [0.15, 0.2) is 0 Å². The van der Waals surface area contributed by atoms with E-state index in [-0.39, 0.29) is 11.9 Å². The highest BCUT2D eigenvalue weighted by Crippen LogP contribution is 2.31. The molecular formula is C13H19Cl2N3O. The van der Waals surface area contributed by atoms with Crippen molar-refractivity contribution in [1.82, 2.24) is 4.90 Å². The number of hydrogen-bond donors (Lipinski definition) is 2. The van der Waals surface area contributed by atoms with E-state index in [1.54, 1.807) is 24.0 Å². The Morgan fingerprint density at radius 1 is 1.32 bits per heavy atom. The standard InChI is InChI=1S/C13H19Cl2N3O/c1-4-18(5-2)13(19)8(3)17-12-7-10(15)9(14)6-11(12)16/h6-8,17H,4-5,16H2,1-3H3. The third-order valence-corrected chi connectivity index (χ3v) is 3.63. The molecule has 0 aliphatic rings. The second-order valence-corrected chi connectivity index (χ2v) is 5.04. The van der Waals surface area contributed by atoms with Crippen molar-refractivity contribution in [3.8, 4) is 0 Å². The summed E-state index contributed by atoms with van der Waals surface area (Å²) in [4.78, 5) is 13.9. The summed E-state index contributed by atoms with van der Waals surface area (Å²) in [5, 5.41) is 3.87. The molecule has 19 heavy (non-hydrogen) atoms. The Kier molecular flexibility index (Phi) is 5.76. The first kappa shape index (κ1) is 15.9. The van der Waals surface area contributed by atoms with Crippen LogP contribution in [0.1, 0.15) is 20.8 Å². The maximum Gasteiger partial charge on any atom is 0.244 e. The van der Waals surface area contributed by atoms with Crippen LogP contribution in [0.5, 0.6) is 0 Å². The third kappa shape index (κ3) is 3.91. The zero-order valence-corrected chi connectivity index (χ0v) is 12.8. The molecule has 0 saturated carbocycles. The molecule has 4 nitrogen and oxygen atoms in total. The summed E-state index contributed by atoms with van der Waals surface area (Å²) >= 11 is 11.8. The van der Waals surface area contributed by atoms with E-state index in [0.29, 0.717) is 34.5 Å². The largest absolute Gasteiger partial charge is 0.397 e. The minimum Gasteiger partial charge on any atom is -0.397 e.